The number of hydrogen-bond acceptors (Lipinski definition) is 6. The molecule has 0 unspecified atom stereocenters. The van der Waals surface area contributed by atoms with Gasteiger partial charge in [0.25, 0.3) is 5.56 Å². The topological polar surface area (TPSA) is 103 Å². The van der Waals surface area contributed by atoms with Crippen LogP contribution in [0.15, 0.2) is 63.2 Å². The molecule has 8 nitrogen and oxygen atoms in total. The van der Waals surface area contributed by atoms with Crippen molar-refractivity contribution in [3.05, 3.63) is 74.9 Å². The van der Waals surface area contributed by atoms with Crippen molar-refractivity contribution in [3.63, 3.8) is 0 Å². The van der Waals surface area contributed by atoms with Crippen molar-refractivity contribution < 1.29 is 14.3 Å². The lowest BCUT2D eigenvalue weighted by molar-refractivity contribution is -0.142. The van der Waals surface area contributed by atoms with E-state index in [0.29, 0.717) is 22.2 Å². The molecule has 0 amide bonds. The maximum Gasteiger partial charge on any atom is 0.349 e. The average molecular weight is 353 g/mol. The zero-order valence-electron chi connectivity index (χ0n) is 13.8. The Balaban J connectivity index is 1.89. The largest absolute Gasteiger partial charge is 0.482 e. The van der Waals surface area contributed by atoms with Crippen LogP contribution in [0.3, 0.4) is 0 Å². The van der Waals surface area contributed by atoms with Crippen molar-refractivity contribution in [2.45, 2.75) is 0 Å². The van der Waals surface area contributed by atoms with Crippen LogP contribution in [0.2, 0.25) is 0 Å². The van der Waals surface area contributed by atoms with Gasteiger partial charge < -0.3 is 14.5 Å². The Morgan fingerprint density at radius 3 is 2.81 bits per heavy atom. The van der Waals surface area contributed by atoms with Gasteiger partial charge in [0, 0.05) is 0 Å². The van der Waals surface area contributed by atoms with Gasteiger partial charge in [0.15, 0.2) is 6.61 Å². The smallest absolute Gasteiger partial charge is 0.349 e. The number of methoxy groups -OCH3 is 1. The van der Waals surface area contributed by atoms with Crippen LogP contribution in [0, 0.1) is 0 Å². The third-order valence-corrected chi connectivity index (χ3v) is 3.55. The fourth-order valence-corrected chi connectivity index (χ4v) is 2.27. The van der Waals surface area contributed by atoms with E-state index in [0.717, 1.165) is 4.68 Å². The van der Waals surface area contributed by atoms with Crippen molar-refractivity contribution in [3.8, 4) is 5.75 Å². The number of benzene rings is 2. The first-order valence-corrected chi connectivity index (χ1v) is 7.66. The van der Waals surface area contributed by atoms with Gasteiger partial charge >= 0.3 is 11.7 Å². The predicted octanol–water partition coefficient (Wildman–Crippen LogP) is 1.12. The average Bonchev–Trinajstić information content (AvgIpc) is 2.66. The van der Waals surface area contributed by atoms with Gasteiger partial charge in [-0.3, -0.25) is 4.79 Å². The van der Waals surface area contributed by atoms with E-state index < -0.39 is 17.2 Å². The SMILES string of the molecule is COC(=O)COc1cccc(C=Nn2c(=O)[nH]c3ccccc3c2=O)c1. The Kier molecular flexibility index (Phi) is 4.93. The van der Waals surface area contributed by atoms with Gasteiger partial charge in [-0.1, -0.05) is 24.3 Å². The number of carbonyl (C=O) groups is 1. The standard InChI is InChI=1S/C18H15N3O5/c1-25-16(22)11-26-13-6-4-5-12(9-13)10-19-21-17(23)14-7-2-3-8-15(14)20-18(21)24/h2-10H,11H2,1H3,(H,20,24). The molecule has 2 aromatic carbocycles. The Hall–Kier alpha value is -3.68. The molecule has 3 rings (SSSR count). The van der Waals surface area contributed by atoms with Gasteiger partial charge in [0.2, 0.25) is 0 Å². The summed E-state index contributed by atoms with van der Waals surface area (Å²) in [5.41, 5.74) is -0.110. The van der Waals surface area contributed by atoms with Gasteiger partial charge in [0.05, 0.1) is 24.2 Å². The zero-order valence-corrected chi connectivity index (χ0v) is 13.8. The Bertz CT molecular complexity index is 1100. The number of nitrogens with zero attached hydrogens (tertiary/aromatic N) is 2. The van der Waals surface area contributed by atoms with Crippen LogP contribution in [0.25, 0.3) is 10.9 Å². The number of para-hydroxylation sites is 1. The second kappa shape index (κ2) is 7.47. The molecule has 8 heteroatoms. The van der Waals surface area contributed by atoms with Gasteiger partial charge in [-0.05, 0) is 29.8 Å². The number of nitrogens with one attached hydrogen (secondary N) is 1. The molecule has 0 atom stereocenters. The fourth-order valence-electron chi connectivity index (χ4n) is 2.27. The van der Waals surface area contributed by atoms with Gasteiger partial charge in [0.1, 0.15) is 5.75 Å². The monoisotopic (exact) mass is 353 g/mol. The molecule has 1 aromatic heterocycles. The van der Waals surface area contributed by atoms with Gasteiger partial charge in [-0.15, -0.1) is 4.68 Å². The van der Waals surface area contributed by atoms with E-state index in [4.69, 9.17) is 4.74 Å². The molecule has 3 aromatic rings. The quantitative estimate of drug-likeness (QED) is 0.547. The van der Waals surface area contributed by atoms with E-state index in [2.05, 4.69) is 14.8 Å². The van der Waals surface area contributed by atoms with Crippen LogP contribution in [-0.4, -0.2) is 35.6 Å². The summed E-state index contributed by atoms with van der Waals surface area (Å²) in [6.07, 6.45) is 1.36. The number of fused-ring (bicyclic) bond motifs is 1. The number of esters is 1. The maximum absolute atomic E-state index is 12.4. The van der Waals surface area contributed by atoms with Crippen LogP contribution in [0.5, 0.6) is 5.75 Å². The molecule has 0 radical (unpaired) electrons. The highest BCUT2D eigenvalue weighted by Crippen LogP contribution is 2.12. The summed E-state index contributed by atoms with van der Waals surface area (Å²) < 4.78 is 10.5. The molecule has 0 saturated carbocycles. The normalized spacial score (nSPS) is 11.0. The van der Waals surface area contributed by atoms with Crippen LogP contribution in [-0.2, 0) is 9.53 Å². The Labute approximate surface area is 147 Å². The summed E-state index contributed by atoms with van der Waals surface area (Å²) in [7, 11) is 1.27. The molecule has 26 heavy (non-hydrogen) atoms. The number of aromatic amines is 1. The highest BCUT2D eigenvalue weighted by atomic mass is 16.6. The van der Waals surface area contributed by atoms with Crippen LogP contribution < -0.4 is 16.0 Å². The second-order valence-electron chi connectivity index (χ2n) is 5.27. The van der Waals surface area contributed by atoms with Crippen LogP contribution in [0.1, 0.15) is 5.56 Å². The van der Waals surface area contributed by atoms with E-state index in [1.807, 2.05) is 0 Å². The minimum atomic E-state index is -0.636. The molecule has 0 bridgehead atoms. The number of carbonyl (C=O) groups excluding carboxylic acids is 1. The first kappa shape index (κ1) is 17.2. The number of aromatic nitrogens is 2. The second-order valence-corrected chi connectivity index (χ2v) is 5.27. The van der Waals surface area contributed by atoms with Crippen molar-refractivity contribution in [1.29, 1.82) is 0 Å². The summed E-state index contributed by atoms with van der Waals surface area (Å²) in [5, 5.41) is 4.33. The van der Waals surface area contributed by atoms with Crippen molar-refractivity contribution in [2.75, 3.05) is 13.7 Å². The van der Waals surface area contributed by atoms with Gasteiger partial charge in [-0.25, -0.2) is 9.59 Å². The Morgan fingerprint density at radius 2 is 2.00 bits per heavy atom. The molecule has 0 fully saturated rings. The molecule has 132 valence electrons. The maximum atomic E-state index is 12.4. The zero-order chi connectivity index (χ0) is 18.5. The van der Waals surface area contributed by atoms with E-state index in [9.17, 15) is 14.4 Å². The van der Waals surface area contributed by atoms with E-state index in [-0.39, 0.29) is 6.61 Å². The molecule has 0 saturated heterocycles. The highest BCUT2D eigenvalue weighted by Gasteiger charge is 2.06. The van der Waals surface area contributed by atoms with Crippen molar-refractivity contribution in [2.24, 2.45) is 5.10 Å². The fraction of sp³-hybridized carbons (Fsp3) is 0.111. The number of hydrogen-bond donors (Lipinski definition) is 1. The lowest BCUT2D eigenvalue weighted by Crippen LogP contribution is -2.32. The summed E-state index contributed by atoms with van der Waals surface area (Å²) in [5.74, 6) is -0.0718. The first-order chi connectivity index (χ1) is 12.6. The highest BCUT2D eigenvalue weighted by molar-refractivity contribution is 5.81. The van der Waals surface area contributed by atoms with Crippen LogP contribution in [0.4, 0.5) is 0 Å². The summed E-state index contributed by atoms with van der Waals surface area (Å²) >= 11 is 0. The molecule has 0 aliphatic heterocycles. The molecule has 0 spiro atoms. The summed E-state index contributed by atoms with van der Waals surface area (Å²) in [4.78, 5) is 38.2. The van der Waals surface area contributed by atoms with E-state index in [1.54, 1.807) is 48.5 Å². The minimum Gasteiger partial charge on any atom is -0.482 e. The molecule has 0 aliphatic rings. The lowest BCUT2D eigenvalue weighted by atomic mass is 10.2. The van der Waals surface area contributed by atoms with E-state index in [1.165, 1.54) is 13.3 Å². The molecule has 0 aliphatic carbocycles. The van der Waals surface area contributed by atoms with Gasteiger partial charge in [-0.2, -0.15) is 5.10 Å². The van der Waals surface area contributed by atoms with Crippen LogP contribution >= 0.6 is 0 Å². The number of ether oxygens (including phenoxy) is 2. The number of rotatable bonds is 5. The first-order valence-electron chi connectivity index (χ1n) is 7.66. The molecular weight excluding hydrogens is 338 g/mol. The summed E-state index contributed by atoms with van der Waals surface area (Å²) in [6, 6.07) is 13.4. The molecule has 1 N–H and O–H groups in total. The third-order valence-electron chi connectivity index (χ3n) is 3.55. The minimum absolute atomic E-state index is 0.221. The molecule has 1 heterocycles. The van der Waals surface area contributed by atoms with Crippen molar-refractivity contribution >= 4 is 23.1 Å². The third kappa shape index (κ3) is 3.69. The summed E-state index contributed by atoms with van der Waals surface area (Å²) in [6.45, 7) is -0.221. The van der Waals surface area contributed by atoms with E-state index >= 15 is 0 Å². The Morgan fingerprint density at radius 1 is 1.19 bits per heavy atom. The number of H-pyrrole nitrogens is 1. The lowest BCUT2D eigenvalue weighted by Gasteiger charge is -2.05. The molecular formula is C18H15N3O5. The predicted molar refractivity (Wildman–Crippen MR) is 95.8 cm³/mol. The van der Waals surface area contributed by atoms with Crippen molar-refractivity contribution in [1.82, 2.24) is 9.66 Å².